The number of Topliss-reactive ketones (excluding diaryl/α,β-unsaturated/α-hetero) is 1. The summed E-state index contributed by atoms with van der Waals surface area (Å²) in [6.45, 7) is 4.86. The lowest BCUT2D eigenvalue weighted by Crippen LogP contribution is -2.07. The summed E-state index contributed by atoms with van der Waals surface area (Å²) in [4.78, 5) is 15.7. The molecular weight excluding hydrogens is 276 g/mol. The number of imidazole rings is 1. The van der Waals surface area contributed by atoms with Gasteiger partial charge in [0, 0.05) is 24.0 Å². The van der Waals surface area contributed by atoms with E-state index in [4.69, 9.17) is 16.3 Å². The first-order valence-electron chi connectivity index (χ1n) is 6.49. The number of aromatic nitrogens is 2. The molecule has 1 aromatic carbocycles. The number of ketones is 1. The molecule has 2 aromatic rings. The highest BCUT2D eigenvalue weighted by molar-refractivity contribution is 6.31. The first-order valence-corrected chi connectivity index (χ1v) is 6.87. The monoisotopic (exact) mass is 292 g/mol. The molecule has 0 saturated carbocycles. The minimum absolute atomic E-state index is 0.0482. The molecule has 0 spiro atoms. The Hall–Kier alpha value is -1.81. The minimum Gasteiger partial charge on any atom is -0.493 e. The van der Waals surface area contributed by atoms with Crippen molar-refractivity contribution < 1.29 is 9.53 Å². The SMILES string of the molecule is CC(=O)c1cc(Cl)ccc1OCCCn1ccnc1C. The van der Waals surface area contributed by atoms with Crippen LogP contribution in [0.3, 0.4) is 0 Å². The number of hydrogen-bond donors (Lipinski definition) is 0. The lowest BCUT2D eigenvalue weighted by molar-refractivity contribution is 0.101. The van der Waals surface area contributed by atoms with Crippen molar-refractivity contribution in [1.82, 2.24) is 9.55 Å². The fourth-order valence-electron chi connectivity index (χ4n) is 1.96. The van der Waals surface area contributed by atoms with Crippen LogP contribution in [0.1, 0.15) is 29.5 Å². The molecule has 20 heavy (non-hydrogen) atoms. The number of aryl methyl sites for hydroxylation is 2. The Labute approximate surface area is 123 Å². The number of benzene rings is 1. The summed E-state index contributed by atoms with van der Waals surface area (Å²) >= 11 is 5.89. The van der Waals surface area contributed by atoms with Gasteiger partial charge in [0.1, 0.15) is 11.6 Å². The molecular formula is C15H17ClN2O2. The van der Waals surface area contributed by atoms with Crippen molar-refractivity contribution >= 4 is 17.4 Å². The molecule has 1 aromatic heterocycles. The van der Waals surface area contributed by atoms with Crippen LogP contribution in [-0.2, 0) is 6.54 Å². The highest BCUT2D eigenvalue weighted by Crippen LogP contribution is 2.23. The number of nitrogens with zero attached hydrogens (tertiary/aromatic N) is 2. The Bertz CT molecular complexity index is 608. The molecule has 106 valence electrons. The van der Waals surface area contributed by atoms with Crippen LogP contribution in [0.25, 0.3) is 0 Å². The molecule has 4 nitrogen and oxygen atoms in total. The quantitative estimate of drug-likeness (QED) is 0.604. The summed E-state index contributed by atoms with van der Waals surface area (Å²) in [5.74, 6) is 1.53. The smallest absolute Gasteiger partial charge is 0.163 e. The standard InChI is InChI=1S/C15H17ClN2O2/c1-11(19)14-10-13(16)4-5-15(14)20-9-3-7-18-8-6-17-12(18)2/h4-6,8,10H,3,7,9H2,1-2H3. The Balaban J connectivity index is 1.91. The van der Waals surface area contributed by atoms with Gasteiger partial charge in [0.25, 0.3) is 0 Å². The predicted octanol–water partition coefficient (Wildman–Crippen LogP) is 3.52. The summed E-state index contributed by atoms with van der Waals surface area (Å²) in [5.41, 5.74) is 0.524. The molecule has 0 aliphatic rings. The molecule has 0 N–H and O–H groups in total. The molecule has 2 rings (SSSR count). The van der Waals surface area contributed by atoms with Gasteiger partial charge >= 0.3 is 0 Å². The number of rotatable bonds is 6. The third kappa shape index (κ3) is 3.61. The number of carbonyl (C=O) groups is 1. The predicted molar refractivity (Wildman–Crippen MR) is 78.5 cm³/mol. The summed E-state index contributed by atoms with van der Waals surface area (Å²) < 4.78 is 7.74. The maximum atomic E-state index is 11.5. The molecule has 5 heteroatoms. The average Bonchev–Trinajstić information content (AvgIpc) is 2.81. The van der Waals surface area contributed by atoms with Crippen LogP contribution in [-0.4, -0.2) is 21.9 Å². The summed E-state index contributed by atoms with van der Waals surface area (Å²) in [6, 6.07) is 5.10. The fraction of sp³-hybridized carbons (Fsp3) is 0.333. The molecule has 0 atom stereocenters. The zero-order valence-electron chi connectivity index (χ0n) is 11.6. The van der Waals surface area contributed by atoms with E-state index in [-0.39, 0.29) is 5.78 Å². The van der Waals surface area contributed by atoms with Crippen LogP contribution >= 0.6 is 11.6 Å². The van der Waals surface area contributed by atoms with E-state index in [9.17, 15) is 4.79 Å². The highest BCUT2D eigenvalue weighted by Gasteiger charge is 2.09. The summed E-state index contributed by atoms with van der Waals surface area (Å²) in [7, 11) is 0. The average molecular weight is 293 g/mol. The lowest BCUT2D eigenvalue weighted by Gasteiger charge is -2.11. The van der Waals surface area contributed by atoms with Gasteiger partial charge < -0.3 is 9.30 Å². The number of ether oxygens (including phenoxy) is 1. The minimum atomic E-state index is -0.0482. The highest BCUT2D eigenvalue weighted by atomic mass is 35.5. The summed E-state index contributed by atoms with van der Waals surface area (Å²) in [6.07, 6.45) is 4.57. The second-order valence-electron chi connectivity index (χ2n) is 4.57. The van der Waals surface area contributed by atoms with Crippen LogP contribution < -0.4 is 4.74 Å². The maximum absolute atomic E-state index is 11.5. The van der Waals surface area contributed by atoms with Gasteiger partial charge in [0.05, 0.1) is 12.2 Å². The van der Waals surface area contributed by atoms with Crippen molar-refractivity contribution in [1.29, 1.82) is 0 Å². The van der Waals surface area contributed by atoms with Gasteiger partial charge in [-0.1, -0.05) is 11.6 Å². The van der Waals surface area contributed by atoms with Crippen LogP contribution in [0.4, 0.5) is 0 Å². The van der Waals surface area contributed by atoms with Crippen molar-refractivity contribution in [2.24, 2.45) is 0 Å². The molecule has 0 radical (unpaired) electrons. The van der Waals surface area contributed by atoms with Crippen molar-refractivity contribution in [2.45, 2.75) is 26.8 Å². The molecule has 0 bridgehead atoms. The van der Waals surface area contributed by atoms with E-state index in [0.29, 0.717) is 22.9 Å². The normalized spacial score (nSPS) is 10.6. The molecule has 0 aliphatic carbocycles. The molecule has 0 unspecified atom stereocenters. The van der Waals surface area contributed by atoms with E-state index in [0.717, 1.165) is 18.8 Å². The maximum Gasteiger partial charge on any atom is 0.163 e. The Morgan fingerprint density at radius 3 is 2.90 bits per heavy atom. The van der Waals surface area contributed by atoms with Crippen molar-refractivity contribution in [2.75, 3.05) is 6.61 Å². The third-order valence-corrected chi connectivity index (χ3v) is 3.28. The van der Waals surface area contributed by atoms with Crippen molar-refractivity contribution in [3.05, 3.63) is 47.0 Å². The van der Waals surface area contributed by atoms with Crippen LogP contribution in [0.2, 0.25) is 5.02 Å². The fourth-order valence-corrected chi connectivity index (χ4v) is 2.13. The van der Waals surface area contributed by atoms with E-state index in [1.165, 1.54) is 6.92 Å². The van der Waals surface area contributed by atoms with E-state index < -0.39 is 0 Å². The topological polar surface area (TPSA) is 44.1 Å². The number of carbonyl (C=O) groups excluding carboxylic acids is 1. The molecule has 0 aliphatic heterocycles. The number of hydrogen-bond acceptors (Lipinski definition) is 3. The molecule has 0 fully saturated rings. The second-order valence-corrected chi connectivity index (χ2v) is 5.00. The number of halogens is 1. The largest absolute Gasteiger partial charge is 0.493 e. The van der Waals surface area contributed by atoms with E-state index in [1.807, 2.05) is 13.1 Å². The Morgan fingerprint density at radius 2 is 2.25 bits per heavy atom. The first-order chi connectivity index (χ1) is 9.58. The first kappa shape index (κ1) is 14.6. The van der Waals surface area contributed by atoms with Crippen LogP contribution in [0.15, 0.2) is 30.6 Å². The van der Waals surface area contributed by atoms with Crippen molar-refractivity contribution in [3.63, 3.8) is 0 Å². The third-order valence-electron chi connectivity index (χ3n) is 3.05. The Kier molecular flexibility index (Phi) is 4.79. The van der Waals surface area contributed by atoms with Crippen LogP contribution in [0.5, 0.6) is 5.75 Å². The lowest BCUT2D eigenvalue weighted by atomic mass is 10.1. The molecule has 0 amide bonds. The summed E-state index contributed by atoms with van der Waals surface area (Å²) in [5, 5.41) is 0.539. The second kappa shape index (κ2) is 6.57. The van der Waals surface area contributed by atoms with E-state index >= 15 is 0 Å². The molecule has 0 saturated heterocycles. The van der Waals surface area contributed by atoms with Gasteiger partial charge in [-0.2, -0.15) is 0 Å². The Morgan fingerprint density at radius 1 is 1.45 bits per heavy atom. The van der Waals surface area contributed by atoms with Gasteiger partial charge in [-0.05, 0) is 38.5 Å². The van der Waals surface area contributed by atoms with Gasteiger partial charge in [0.15, 0.2) is 5.78 Å². The van der Waals surface area contributed by atoms with Gasteiger partial charge in [-0.15, -0.1) is 0 Å². The zero-order chi connectivity index (χ0) is 14.5. The van der Waals surface area contributed by atoms with E-state index in [2.05, 4.69) is 9.55 Å². The van der Waals surface area contributed by atoms with Crippen molar-refractivity contribution in [3.8, 4) is 5.75 Å². The zero-order valence-corrected chi connectivity index (χ0v) is 12.4. The van der Waals surface area contributed by atoms with E-state index in [1.54, 1.807) is 24.4 Å². The van der Waals surface area contributed by atoms with Gasteiger partial charge in [0.2, 0.25) is 0 Å². The molecule has 1 heterocycles. The van der Waals surface area contributed by atoms with Gasteiger partial charge in [-0.25, -0.2) is 4.98 Å². The van der Waals surface area contributed by atoms with Crippen LogP contribution in [0, 0.1) is 6.92 Å². The van der Waals surface area contributed by atoms with Gasteiger partial charge in [-0.3, -0.25) is 4.79 Å².